The first kappa shape index (κ1) is 23.3. The zero-order chi connectivity index (χ0) is 19.9. The Morgan fingerprint density at radius 1 is 0.593 bits per heavy atom. The van der Waals surface area contributed by atoms with Gasteiger partial charge in [0.2, 0.25) is 0 Å². The van der Waals surface area contributed by atoms with Gasteiger partial charge in [-0.05, 0) is 0 Å². The van der Waals surface area contributed by atoms with Crippen LogP contribution in [-0.2, 0) is 0 Å². The fourth-order valence-electron chi connectivity index (χ4n) is 4.74. The summed E-state index contributed by atoms with van der Waals surface area (Å²) >= 11 is -4.56. The molecule has 0 aliphatic rings. The number of rotatable bonds is 10. The summed E-state index contributed by atoms with van der Waals surface area (Å²) < 4.78 is 7.36. The predicted octanol–water partition coefficient (Wildman–Crippen LogP) is 4.77. The van der Waals surface area contributed by atoms with Crippen LogP contribution in [0.25, 0.3) is 0 Å². The molecule has 0 heterocycles. The van der Waals surface area contributed by atoms with Gasteiger partial charge in [-0.25, -0.2) is 0 Å². The van der Waals surface area contributed by atoms with E-state index in [2.05, 4.69) is 90.1 Å². The van der Waals surface area contributed by atoms with Crippen LogP contribution < -0.4 is 17.6 Å². The van der Waals surface area contributed by atoms with E-state index in [0.29, 0.717) is 0 Å². The third kappa shape index (κ3) is 4.98. The summed E-state index contributed by atoms with van der Waals surface area (Å²) in [4.78, 5) is 0. The normalized spacial score (nSPS) is 12.1. The maximum absolute atomic E-state index is 2.55. The van der Waals surface area contributed by atoms with Gasteiger partial charge in [0.05, 0.1) is 0 Å². The van der Waals surface area contributed by atoms with E-state index in [1.54, 1.807) is 0 Å². The summed E-state index contributed by atoms with van der Waals surface area (Å²) in [7, 11) is 0. The third-order valence-corrected chi connectivity index (χ3v) is 32.9. The van der Waals surface area contributed by atoms with Crippen LogP contribution in [0.15, 0.2) is 48.5 Å². The van der Waals surface area contributed by atoms with Crippen molar-refractivity contribution < 1.29 is 0 Å². The number of hydrogen-bond donors (Lipinski definition) is 0. The van der Waals surface area contributed by atoms with Gasteiger partial charge in [0.15, 0.2) is 0 Å². The summed E-state index contributed by atoms with van der Waals surface area (Å²) in [5.41, 5.74) is 0. The van der Waals surface area contributed by atoms with E-state index in [0.717, 1.165) is 0 Å². The van der Waals surface area contributed by atoms with Gasteiger partial charge in [-0.1, -0.05) is 0 Å². The first-order valence-electron chi connectivity index (χ1n) is 11.0. The van der Waals surface area contributed by atoms with Crippen molar-refractivity contribution in [3.63, 3.8) is 0 Å². The molecule has 146 valence electrons. The summed E-state index contributed by atoms with van der Waals surface area (Å²) in [6.45, 7) is 14.8. The van der Waals surface area contributed by atoms with Crippen molar-refractivity contribution in [2.75, 3.05) is 0 Å². The van der Waals surface area contributed by atoms with Gasteiger partial charge in [-0.3, -0.25) is 0 Å². The van der Waals surface area contributed by atoms with Crippen LogP contribution in [0.2, 0.25) is 31.5 Å². The van der Waals surface area contributed by atoms with Crippen molar-refractivity contribution in [1.29, 1.82) is 0 Å². The Labute approximate surface area is 180 Å². The molecule has 0 saturated heterocycles. The van der Waals surface area contributed by atoms with Crippen LogP contribution in [0.1, 0.15) is 41.5 Å². The van der Waals surface area contributed by atoms with Crippen molar-refractivity contribution in [2.45, 2.75) is 73.1 Å². The number of benzene rings is 2. The SMILES string of the molecule is C[CH2][Ge]([CH2]C)[c]1cccc[c]1[Ge]([CH2]C)[c]1cccc[c]1[Ge]([CH2]C)([CH2]C)[CH2]C. The van der Waals surface area contributed by atoms with Crippen LogP contribution >= 0.6 is 0 Å². The second-order valence-electron chi connectivity index (χ2n) is 7.57. The molecule has 0 aliphatic carbocycles. The average Bonchev–Trinajstić information content (AvgIpc) is 2.73. The summed E-state index contributed by atoms with van der Waals surface area (Å²) in [5.74, 6) is 0. The molecule has 0 unspecified atom stereocenters. The van der Waals surface area contributed by atoms with Crippen LogP contribution in [-0.4, -0.2) is 42.0 Å². The van der Waals surface area contributed by atoms with Crippen LogP contribution in [0.4, 0.5) is 0 Å². The summed E-state index contributed by atoms with van der Waals surface area (Å²) in [6.07, 6.45) is 0. The van der Waals surface area contributed by atoms with Gasteiger partial charge in [0.1, 0.15) is 0 Å². The molecule has 0 atom stereocenters. The molecule has 0 aliphatic heterocycles. The molecule has 2 aromatic rings. The van der Waals surface area contributed by atoms with Gasteiger partial charge in [-0.2, -0.15) is 0 Å². The summed E-state index contributed by atoms with van der Waals surface area (Å²) in [6, 6.07) is 19.4. The fourth-order valence-corrected chi connectivity index (χ4v) is 30.2. The molecule has 27 heavy (non-hydrogen) atoms. The number of hydrogen-bond acceptors (Lipinski definition) is 0. The van der Waals surface area contributed by atoms with Crippen molar-refractivity contribution in [1.82, 2.24) is 0 Å². The molecular weight excluding hydrogens is 506 g/mol. The molecule has 3 heteroatoms. The fraction of sp³-hybridized carbons (Fsp3) is 0.500. The quantitative estimate of drug-likeness (QED) is 0.378. The van der Waals surface area contributed by atoms with Crippen LogP contribution in [0.5, 0.6) is 0 Å². The molecule has 0 bridgehead atoms. The van der Waals surface area contributed by atoms with E-state index < -0.39 is 42.0 Å². The Balaban J connectivity index is 2.65. The average molecular weight is 544 g/mol. The minimum atomic E-state index is -1.95. The Bertz CT molecular complexity index is 694. The Kier molecular flexibility index (Phi) is 9.78. The van der Waals surface area contributed by atoms with Gasteiger partial charge < -0.3 is 0 Å². The molecular formula is C24H38Ge3. The van der Waals surface area contributed by atoms with Crippen molar-refractivity contribution in [3.8, 4) is 0 Å². The maximum atomic E-state index is 2.55. The molecule has 0 saturated carbocycles. The van der Waals surface area contributed by atoms with Crippen molar-refractivity contribution in [2.24, 2.45) is 0 Å². The Hall–Kier alpha value is 0.0686. The van der Waals surface area contributed by atoms with E-state index in [1.165, 1.54) is 31.5 Å². The minimum absolute atomic E-state index is 1.11. The van der Waals surface area contributed by atoms with Gasteiger partial charge >= 0.3 is 181 Å². The molecule has 0 amide bonds. The molecule has 0 fully saturated rings. The zero-order valence-corrected chi connectivity index (χ0v) is 24.7. The zero-order valence-electron chi connectivity index (χ0n) is 18.4. The molecule has 2 radical (unpaired) electrons. The third-order valence-electron chi connectivity index (χ3n) is 6.69. The predicted molar refractivity (Wildman–Crippen MR) is 132 cm³/mol. The van der Waals surface area contributed by atoms with Gasteiger partial charge in [0.25, 0.3) is 0 Å². The topological polar surface area (TPSA) is 0 Å². The monoisotopic (exact) mass is 548 g/mol. The second-order valence-corrected chi connectivity index (χ2v) is 30.9. The molecule has 0 aromatic heterocycles. The molecule has 0 nitrogen and oxygen atoms in total. The molecule has 2 rings (SSSR count). The van der Waals surface area contributed by atoms with Crippen LogP contribution in [0, 0.1) is 0 Å². The van der Waals surface area contributed by atoms with E-state index >= 15 is 0 Å². The Morgan fingerprint density at radius 3 is 1.56 bits per heavy atom. The van der Waals surface area contributed by atoms with E-state index in [1.807, 2.05) is 17.6 Å². The second kappa shape index (κ2) is 11.3. The van der Waals surface area contributed by atoms with E-state index in [-0.39, 0.29) is 0 Å². The first-order valence-corrected chi connectivity index (χ1v) is 24.1. The molecule has 2 aromatic carbocycles. The standard InChI is InChI=1S/C24H38Ge3/c1-7-25(8-2)21-17-13-14-18-22(21)26(9-3)23-19-15-16-20-24(23)27(10-4,11-5)12-6/h13-20H,7-12H2,1-6H3. The van der Waals surface area contributed by atoms with Gasteiger partial charge in [-0.15, -0.1) is 0 Å². The molecule has 0 spiro atoms. The van der Waals surface area contributed by atoms with Crippen molar-refractivity contribution in [3.05, 3.63) is 48.5 Å². The molecule has 0 N–H and O–H groups in total. The van der Waals surface area contributed by atoms with Crippen molar-refractivity contribution >= 4 is 59.5 Å². The van der Waals surface area contributed by atoms with Gasteiger partial charge in [0, 0.05) is 0 Å². The first-order chi connectivity index (χ1) is 13.1. The Morgan fingerprint density at radius 2 is 1.07 bits per heavy atom. The van der Waals surface area contributed by atoms with Crippen LogP contribution in [0.3, 0.4) is 0 Å². The van der Waals surface area contributed by atoms with E-state index in [4.69, 9.17) is 0 Å². The summed E-state index contributed by atoms with van der Waals surface area (Å²) in [5, 5.41) is 8.52. The van der Waals surface area contributed by atoms with E-state index in [9.17, 15) is 0 Å².